The van der Waals surface area contributed by atoms with E-state index in [0.717, 1.165) is 5.76 Å². The van der Waals surface area contributed by atoms with E-state index >= 15 is 0 Å². The van der Waals surface area contributed by atoms with Crippen molar-refractivity contribution in [3.8, 4) is 0 Å². The van der Waals surface area contributed by atoms with Gasteiger partial charge in [-0.3, -0.25) is 4.79 Å². The van der Waals surface area contributed by atoms with E-state index in [1.165, 1.54) is 6.07 Å². The van der Waals surface area contributed by atoms with Gasteiger partial charge in [0, 0.05) is 12.2 Å². The van der Waals surface area contributed by atoms with Gasteiger partial charge < -0.3 is 20.8 Å². The molecule has 0 aliphatic heterocycles. The monoisotopic (exact) mass is 293 g/mol. The number of amides is 1. The average molecular weight is 294 g/mol. The molecule has 20 heavy (non-hydrogen) atoms. The molecule has 0 aliphatic rings. The van der Waals surface area contributed by atoms with Gasteiger partial charge in [0.05, 0.1) is 29.1 Å². The van der Waals surface area contributed by atoms with Gasteiger partial charge in [-0.25, -0.2) is 0 Å². The fourth-order valence-corrected chi connectivity index (χ4v) is 2.42. The maximum Gasteiger partial charge on any atom is 0.250 e. The van der Waals surface area contributed by atoms with E-state index in [9.17, 15) is 4.79 Å². The largest absolute Gasteiger partial charge is 0.467 e. The lowest BCUT2D eigenvalue weighted by Crippen LogP contribution is -2.26. The number of halogens is 1. The third-order valence-electron chi connectivity index (χ3n) is 2.98. The number of carbonyl (C=O) groups is 1. The average Bonchev–Trinajstić information content (AvgIpc) is 2.88. The summed E-state index contributed by atoms with van der Waals surface area (Å²) < 4.78 is 5.33. The Morgan fingerprint density at radius 3 is 2.75 bits per heavy atom. The topological polar surface area (TPSA) is 85.5 Å². The van der Waals surface area contributed by atoms with E-state index in [1.54, 1.807) is 12.3 Å². The molecule has 0 fully saturated rings. The van der Waals surface area contributed by atoms with Gasteiger partial charge in [-0.05, 0) is 31.2 Å². The van der Waals surface area contributed by atoms with Gasteiger partial charge in [-0.15, -0.1) is 0 Å². The molecule has 1 aromatic carbocycles. The Morgan fingerprint density at radius 1 is 1.45 bits per heavy atom. The van der Waals surface area contributed by atoms with Crippen LogP contribution in [0.25, 0.3) is 0 Å². The number of hydrogen-bond donors (Lipinski definition) is 2. The predicted molar refractivity (Wildman–Crippen MR) is 79.8 cm³/mol. The van der Waals surface area contributed by atoms with Crippen molar-refractivity contribution < 1.29 is 9.21 Å². The van der Waals surface area contributed by atoms with Crippen molar-refractivity contribution in [2.45, 2.75) is 13.5 Å². The van der Waals surface area contributed by atoms with Crippen LogP contribution in [0, 0.1) is 0 Å². The maximum absolute atomic E-state index is 11.6. The van der Waals surface area contributed by atoms with Crippen LogP contribution in [0.1, 0.15) is 23.0 Å². The highest BCUT2D eigenvalue weighted by Gasteiger charge is 2.19. The Hall–Kier alpha value is -2.14. The quantitative estimate of drug-likeness (QED) is 0.830. The molecule has 2 aromatic rings. The van der Waals surface area contributed by atoms with Crippen molar-refractivity contribution in [3.63, 3.8) is 0 Å². The van der Waals surface area contributed by atoms with Gasteiger partial charge in [-0.1, -0.05) is 11.6 Å². The maximum atomic E-state index is 11.6. The molecule has 0 saturated carbocycles. The molecule has 0 unspecified atom stereocenters. The molecule has 4 N–H and O–H groups in total. The number of carbonyl (C=O) groups excluding carboxylic acids is 1. The molecular weight excluding hydrogens is 278 g/mol. The number of rotatable bonds is 5. The first-order valence-corrected chi connectivity index (χ1v) is 6.57. The number of nitrogens with two attached hydrogens (primary N) is 2. The molecule has 1 aromatic heterocycles. The standard InChI is InChI=1S/C14H16ClN3O2/c1-2-18(8-10-4-3-5-20-10)13-11(14(17)19)6-9(16)7-12(13)15/h3-7H,2,8,16H2,1H3,(H2,17,19). The number of benzene rings is 1. The third-order valence-corrected chi connectivity index (χ3v) is 3.26. The summed E-state index contributed by atoms with van der Waals surface area (Å²) in [6.45, 7) is 3.10. The number of anilines is 2. The molecule has 1 heterocycles. The number of primary amides is 1. The molecule has 0 spiro atoms. The highest BCUT2D eigenvalue weighted by Crippen LogP contribution is 2.33. The summed E-state index contributed by atoms with van der Waals surface area (Å²) in [5.74, 6) is 0.210. The number of nitrogens with zero attached hydrogens (tertiary/aromatic N) is 1. The SMILES string of the molecule is CCN(Cc1ccco1)c1c(Cl)cc(N)cc1C(N)=O. The lowest BCUT2D eigenvalue weighted by atomic mass is 10.1. The molecule has 1 amide bonds. The summed E-state index contributed by atoms with van der Waals surface area (Å²) in [4.78, 5) is 13.5. The Bertz CT molecular complexity index is 611. The Labute approximate surface area is 122 Å². The second kappa shape index (κ2) is 5.88. The molecule has 6 heteroatoms. The van der Waals surface area contributed by atoms with Crippen molar-refractivity contribution in [2.24, 2.45) is 5.73 Å². The Balaban J connectivity index is 2.45. The first-order chi connectivity index (χ1) is 9.52. The molecule has 0 radical (unpaired) electrons. The summed E-state index contributed by atoms with van der Waals surface area (Å²) in [7, 11) is 0. The van der Waals surface area contributed by atoms with Crippen molar-refractivity contribution >= 4 is 28.9 Å². The second-order valence-corrected chi connectivity index (χ2v) is 4.76. The van der Waals surface area contributed by atoms with Crippen molar-refractivity contribution in [2.75, 3.05) is 17.2 Å². The highest BCUT2D eigenvalue weighted by molar-refractivity contribution is 6.34. The zero-order valence-corrected chi connectivity index (χ0v) is 11.9. The summed E-state index contributed by atoms with van der Waals surface area (Å²) >= 11 is 6.23. The minimum Gasteiger partial charge on any atom is -0.467 e. The molecule has 0 aliphatic carbocycles. The van der Waals surface area contributed by atoms with E-state index in [2.05, 4.69) is 0 Å². The molecule has 2 rings (SSSR count). The number of hydrogen-bond acceptors (Lipinski definition) is 4. The smallest absolute Gasteiger partial charge is 0.250 e. The first-order valence-electron chi connectivity index (χ1n) is 6.19. The molecule has 106 valence electrons. The predicted octanol–water partition coefficient (Wildman–Crippen LogP) is 2.64. The summed E-state index contributed by atoms with van der Waals surface area (Å²) in [5.41, 5.74) is 12.4. The van der Waals surface area contributed by atoms with Crippen molar-refractivity contribution in [1.82, 2.24) is 0 Å². The van der Waals surface area contributed by atoms with Crippen LogP contribution in [-0.2, 0) is 6.54 Å². The zero-order chi connectivity index (χ0) is 14.7. The van der Waals surface area contributed by atoms with Crippen LogP contribution in [0.4, 0.5) is 11.4 Å². The fourth-order valence-electron chi connectivity index (χ4n) is 2.07. The molecule has 5 nitrogen and oxygen atoms in total. The van der Waals surface area contributed by atoms with E-state index in [-0.39, 0.29) is 0 Å². The van der Waals surface area contributed by atoms with Crippen LogP contribution in [0.15, 0.2) is 34.9 Å². The van der Waals surface area contributed by atoms with Crippen molar-refractivity contribution in [3.05, 3.63) is 46.9 Å². The van der Waals surface area contributed by atoms with Crippen molar-refractivity contribution in [1.29, 1.82) is 0 Å². The van der Waals surface area contributed by atoms with E-state index in [4.69, 9.17) is 27.5 Å². The van der Waals surface area contributed by atoms with Gasteiger partial charge in [0.2, 0.25) is 0 Å². The van der Waals surface area contributed by atoms with Gasteiger partial charge in [0.1, 0.15) is 5.76 Å². The van der Waals surface area contributed by atoms with E-state index in [1.807, 2.05) is 24.0 Å². The van der Waals surface area contributed by atoms with Crippen LogP contribution >= 0.6 is 11.6 Å². The second-order valence-electron chi connectivity index (χ2n) is 4.36. The minimum atomic E-state index is -0.563. The number of nitrogen functional groups attached to an aromatic ring is 1. The fraction of sp³-hybridized carbons (Fsp3) is 0.214. The van der Waals surface area contributed by atoms with E-state index in [0.29, 0.717) is 35.1 Å². The highest BCUT2D eigenvalue weighted by atomic mass is 35.5. The molecule has 0 saturated heterocycles. The van der Waals surface area contributed by atoms with Crippen LogP contribution in [0.5, 0.6) is 0 Å². The normalized spacial score (nSPS) is 10.5. The summed E-state index contributed by atoms with van der Waals surface area (Å²) in [6, 6.07) is 6.81. The lowest BCUT2D eigenvalue weighted by molar-refractivity contribution is 0.100. The minimum absolute atomic E-state index is 0.309. The van der Waals surface area contributed by atoms with Gasteiger partial charge in [0.15, 0.2) is 0 Å². The molecular formula is C14H16ClN3O2. The third kappa shape index (κ3) is 2.88. The Morgan fingerprint density at radius 2 is 2.20 bits per heavy atom. The van der Waals surface area contributed by atoms with Gasteiger partial charge in [0.25, 0.3) is 5.91 Å². The van der Waals surface area contributed by atoms with Crippen LogP contribution in [0.3, 0.4) is 0 Å². The first kappa shape index (κ1) is 14.3. The lowest BCUT2D eigenvalue weighted by Gasteiger charge is -2.25. The summed E-state index contributed by atoms with van der Waals surface area (Å²) in [5, 5.41) is 0.396. The van der Waals surface area contributed by atoms with Gasteiger partial charge >= 0.3 is 0 Å². The number of furan rings is 1. The van der Waals surface area contributed by atoms with Crippen LogP contribution in [-0.4, -0.2) is 12.5 Å². The van der Waals surface area contributed by atoms with E-state index < -0.39 is 5.91 Å². The van der Waals surface area contributed by atoms with Crippen LogP contribution < -0.4 is 16.4 Å². The van der Waals surface area contributed by atoms with Crippen LogP contribution in [0.2, 0.25) is 5.02 Å². The summed E-state index contributed by atoms with van der Waals surface area (Å²) in [6.07, 6.45) is 1.60. The van der Waals surface area contributed by atoms with Gasteiger partial charge in [-0.2, -0.15) is 0 Å². The molecule has 0 bridgehead atoms. The Kier molecular flexibility index (Phi) is 4.20. The zero-order valence-electron chi connectivity index (χ0n) is 11.1. The molecule has 0 atom stereocenters.